The van der Waals surface area contributed by atoms with E-state index in [1.54, 1.807) is 6.07 Å². The van der Waals surface area contributed by atoms with Crippen LogP contribution in [0.5, 0.6) is 11.5 Å². The van der Waals surface area contributed by atoms with E-state index in [2.05, 4.69) is 0 Å². The summed E-state index contributed by atoms with van der Waals surface area (Å²) in [6.07, 6.45) is 5.67. The van der Waals surface area contributed by atoms with E-state index in [0.29, 0.717) is 49.0 Å². The van der Waals surface area contributed by atoms with Crippen molar-refractivity contribution in [2.24, 2.45) is 0 Å². The van der Waals surface area contributed by atoms with Crippen molar-refractivity contribution in [3.8, 4) is 11.5 Å². The van der Waals surface area contributed by atoms with Gasteiger partial charge in [-0.05, 0) is 24.8 Å². The molecule has 3 rings (SSSR count). The Hall–Kier alpha value is -1.42. The van der Waals surface area contributed by atoms with E-state index >= 15 is 0 Å². The lowest BCUT2D eigenvalue weighted by molar-refractivity contribution is -0.145. The topological polar surface area (TPSA) is 55.8 Å². The highest BCUT2D eigenvalue weighted by molar-refractivity contribution is 6.32. The van der Waals surface area contributed by atoms with Crippen LogP contribution in [-0.4, -0.2) is 24.3 Å². The van der Waals surface area contributed by atoms with Crippen molar-refractivity contribution in [1.82, 2.24) is 0 Å². The summed E-state index contributed by atoms with van der Waals surface area (Å²) in [5.41, 5.74) is 0.752. The summed E-state index contributed by atoms with van der Waals surface area (Å²) in [4.78, 5) is 12.2. The molecule has 1 fully saturated rings. The van der Waals surface area contributed by atoms with Crippen LogP contribution >= 0.6 is 11.6 Å². The van der Waals surface area contributed by atoms with Gasteiger partial charge >= 0.3 is 5.97 Å². The molecule has 0 aromatic heterocycles. The zero-order chi connectivity index (χ0) is 16.4. The largest absolute Gasteiger partial charge is 0.489 e. The molecule has 4 nitrogen and oxygen atoms in total. The van der Waals surface area contributed by atoms with Gasteiger partial charge in [0.2, 0.25) is 0 Å². The van der Waals surface area contributed by atoms with Crippen LogP contribution in [0, 0.1) is 0 Å². The molecule has 0 radical (unpaired) electrons. The number of ether oxygens (including phenoxy) is 2. The van der Waals surface area contributed by atoms with Crippen LogP contribution in [0.15, 0.2) is 6.07 Å². The summed E-state index contributed by atoms with van der Waals surface area (Å²) in [6, 6.07) is 1.75. The van der Waals surface area contributed by atoms with Crippen LogP contribution in [0.4, 0.5) is 0 Å². The molecule has 0 amide bonds. The van der Waals surface area contributed by atoms with Gasteiger partial charge in [0.05, 0.1) is 18.6 Å². The van der Waals surface area contributed by atoms with Gasteiger partial charge in [0.1, 0.15) is 0 Å². The lowest BCUT2D eigenvalue weighted by atomic mass is 9.67. The number of benzene rings is 1. The molecule has 1 aromatic carbocycles. The second-order valence-corrected chi connectivity index (χ2v) is 6.80. The second kappa shape index (κ2) is 6.60. The molecule has 0 atom stereocenters. The van der Waals surface area contributed by atoms with Crippen molar-refractivity contribution in [1.29, 1.82) is 0 Å². The quantitative estimate of drug-likeness (QED) is 0.890. The first kappa shape index (κ1) is 16.4. The molecule has 1 N–H and O–H groups in total. The van der Waals surface area contributed by atoms with Gasteiger partial charge < -0.3 is 14.6 Å². The highest BCUT2D eigenvalue weighted by atomic mass is 35.5. The highest BCUT2D eigenvalue weighted by Crippen LogP contribution is 2.49. The fraction of sp³-hybridized carbons (Fsp3) is 0.611. The monoisotopic (exact) mass is 338 g/mol. The van der Waals surface area contributed by atoms with E-state index in [1.165, 1.54) is 0 Å². The minimum absolute atomic E-state index is 0.496. The minimum atomic E-state index is -0.897. The van der Waals surface area contributed by atoms with E-state index in [4.69, 9.17) is 21.1 Å². The normalized spacial score (nSPS) is 19.9. The Balaban J connectivity index is 2.21. The number of fused-ring (bicyclic) bond motifs is 1. The van der Waals surface area contributed by atoms with Crippen LogP contribution < -0.4 is 9.47 Å². The summed E-state index contributed by atoms with van der Waals surface area (Å²) < 4.78 is 11.7. The molecule has 1 heterocycles. The summed E-state index contributed by atoms with van der Waals surface area (Å²) >= 11 is 6.57. The van der Waals surface area contributed by atoms with E-state index in [-0.39, 0.29) is 0 Å². The van der Waals surface area contributed by atoms with E-state index < -0.39 is 11.4 Å². The Morgan fingerprint density at radius 3 is 2.57 bits per heavy atom. The van der Waals surface area contributed by atoms with Crippen LogP contribution in [0.25, 0.3) is 0 Å². The van der Waals surface area contributed by atoms with Gasteiger partial charge in [-0.15, -0.1) is 0 Å². The summed E-state index contributed by atoms with van der Waals surface area (Å²) in [7, 11) is 0. The van der Waals surface area contributed by atoms with E-state index in [9.17, 15) is 9.90 Å². The van der Waals surface area contributed by atoms with Gasteiger partial charge in [-0.1, -0.05) is 37.8 Å². The van der Waals surface area contributed by atoms with Gasteiger partial charge in [-0.3, -0.25) is 4.79 Å². The Labute approximate surface area is 141 Å². The first-order chi connectivity index (χ1) is 11.1. The Morgan fingerprint density at radius 2 is 1.91 bits per heavy atom. The summed E-state index contributed by atoms with van der Waals surface area (Å²) in [5, 5.41) is 10.5. The van der Waals surface area contributed by atoms with Crippen molar-refractivity contribution in [3.63, 3.8) is 0 Å². The minimum Gasteiger partial charge on any atom is -0.489 e. The maximum Gasteiger partial charge on any atom is 0.314 e. The lowest BCUT2D eigenvalue weighted by Gasteiger charge is -2.36. The number of halogens is 1. The number of carboxylic acid groups (broad SMARTS) is 1. The SMILES string of the molecule is CCc1c2c(cc(Cl)c1C1(C(=O)O)CCCCC1)OCCCO2. The molecule has 23 heavy (non-hydrogen) atoms. The molecule has 1 aliphatic carbocycles. The predicted octanol–water partition coefficient (Wildman–Crippen LogP) is 4.35. The average Bonchev–Trinajstić information content (AvgIpc) is 2.79. The van der Waals surface area contributed by atoms with Gasteiger partial charge in [-0.2, -0.15) is 0 Å². The third-order valence-corrected chi connectivity index (χ3v) is 5.34. The van der Waals surface area contributed by atoms with E-state index in [1.807, 2.05) is 6.92 Å². The summed E-state index contributed by atoms with van der Waals surface area (Å²) in [5.74, 6) is 0.559. The third kappa shape index (κ3) is 2.78. The van der Waals surface area contributed by atoms with E-state index in [0.717, 1.165) is 36.8 Å². The molecule has 1 saturated carbocycles. The first-order valence-electron chi connectivity index (χ1n) is 8.45. The molecule has 5 heteroatoms. The molecule has 126 valence electrons. The number of aliphatic carboxylic acids is 1. The van der Waals surface area contributed by atoms with Crippen molar-refractivity contribution in [2.75, 3.05) is 13.2 Å². The van der Waals surface area contributed by atoms with Crippen LogP contribution in [0.3, 0.4) is 0 Å². The van der Waals surface area contributed by atoms with Crippen LogP contribution in [0.1, 0.15) is 56.6 Å². The molecule has 1 aromatic rings. The maximum atomic E-state index is 12.2. The zero-order valence-electron chi connectivity index (χ0n) is 13.5. The van der Waals surface area contributed by atoms with Crippen LogP contribution in [-0.2, 0) is 16.6 Å². The van der Waals surface area contributed by atoms with Gasteiger partial charge in [-0.25, -0.2) is 0 Å². The van der Waals surface area contributed by atoms with Gasteiger partial charge in [0.15, 0.2) is 11.5 Å². The fourth-order valence-electron chi connectivity index (χ4n) is 3.92. The zero-order valence-corrected chi connectivity index (χ0v) is 14.2. The van der Waals surface area contributed by atoms with Crippen molar-refractivity contribution < 1.29 is 19.4 Å². The number of carbonyl (C=O) groups is 1. The summed E-state index contributed by atoms with van der Waals surface area (Å²) in [6.45, 7) is 3.19. The predicted molar refractivity (Wildman–Crippen MR) is 88.8 cm³/mol. The second-order valence-electron chi connectivity index (χ2n) is 6.39. The van der Waals surface area contributed by atoms with Crippen LogP contribution in [0.2, 0.25) is 5.02 Å². The number of carboxylic acids is 1. The van der Waals surface area contributed by atoms with Crippen molar-refractivity contribution in [3.05, 3.63) is 22.2 Å². The maximum absolute atomic E-state index is 12.2. The molecule has 0 unspecified atom stereocenters. The standard InChI is InChI=1S/C18H23ClO4/c1-2-12-15(18(17(20)21)7-4-3-5-8-18)13(19)11-14-16(12)23-10-6-9-22-14/h11H,2-10H2,1H3,(H,20,21). The number of hydrogen-bond donors (Lipinski definition) is 1. The third-order valence-electron chi connectivity index (χ3n) is 5.04. The van der Waals surface area contributed by atoms with Gasteiger partial charge in [0.25, 0.3) is 0 Å². The molecule has 0 saturated heterocycles. The molecule has 0 bridgehead atoms. The Bertz CT molecular complexity index is 606. The van der Waals surface area contributed by atoms with Crippen molar-refractivity contribution >= 4 is 17.6 Å². The lowest BCUT2D eigenvalue weighted by Crippen LogP contribution is -2.39. The van der Waals surface area contributed by atoms with Gasteiger partial charge in [0, 0.05) is 23.1 Å². The first-order valence-corrected chi connectivity index (χ1v) is 8.83. The molecule has 1 aliphatic heterocycles. The Kier molecular flexibility index (Phi) is 4.72. The molecular formula is C18H23ClO4. The number of rotatable bonds is 3. The molecule has 2 aliphatic rings. The smallest absolute Gasteiger partial charge is 0.314 e. The average molecular weight is 339 g/mol. The Morgan fingerprint density at radius 1 is 1.22 bits per heavy atom. The van der Waals surface area contributed by atoms with Crippen molar-refractivity contribution in [2.45, 2.75) is 57.3 Å². The highest BCUT2D eigenvalue weighted by Gasteiger charge is 2.45. The molecule has 0 spiro atoms. The molecular weight excluding hydrogens is 316 g/mol. The fourth-order valence-corrected chi connectivity index (χ4v) is 4.31. The number of hydrogen-bond acceptors (Lipinski definition) is 3.